The highest BCUT2D eigenvalue weighted by Crippen LogP contribution is 2.42. The summed E-state index contributed by atoms with van der Waals surface area (Å²) in [4.78, 5) is 22.0. The molecule has 214 valence electrons. The summed E-state index contributed by atoms with van der Waals surface area (Å²) in [6, 6.07) is 7.65. The van der Waals surface area contributed by atoms with Crippen LogP contribution in [0.15, 0.2) is 36.7 Å². The number of benzene rings is 1. The number of carbonyl (C=O) groups is 1. The molecule has 2 aliphatic rings. The zero-order valence-corrected chi connectivity index (χ0v) is 24.7. The summed E-state index contributed by atoms with van der Waals surface area (Å²) in [5, 5.41) is 0. The van der Waals surface area contributed by atoms with E-state index in [1.165, 1.54) is 102 Å². The molecule has 0 N–H and O–H groups in total. The van der Waals surface area contributed by atoms with Gasteiger partial charge in [-0.1, -0.05) is 78.1 Å². The van der Waals surface area contributed by atoms with Crippen LogP contribution >= 0.6 is 0 Å². The minimum atomic E-state index is -0.0549. The first kappa shape index (κ1) is 29.7. The lowest BCUT2D eigenvalue weighted by molar-refractivity contribution is -0.140. The number of unbranched alkanes of at least 4 members (excludes halogenated alkanes) is 6. The van der Waals surface area contributed by atoms with Crippen molar-refractivity contribution < 1.29 is 9.53 Å². The highest BCUT2D eigenvalue weighted by Gasteiger charge is 2.33. The van der Waals surface area contributed by atoms with Crippen LogP contribution in [-0.4, -0.2) is 15.9 Å². The van der Waals surface area contributed by atoms with Crippen LogP contribution in [0.2, 0.25) is 0 Å². The Morgan fingerprint density at radius 3 is 1.97 bits per heavy atom. The molecule has 0 bridgehead atoms. The van der Waals surface area contributed by atoms with Crippen LogP contribution in [0.4, 0.5) is 0 Å². The molecule has 2 fully saturated rings. The Bertz CT molecular complexity index is 955. The Kier molecular flexibility index (Phi) is 12.3. The van der Waals surface area contributed by atoms with Gasteiger partial charge in [-0.25, -0.2) is 9.97 Å². The Morgan fingerprint density at radius 2 is 1.33 bits per heavy atom. The zero-order chi connectivity index (χ0) is 27.3. The van der Waals surface area contributed by atoms with E-state index in [0.29, 0.717) is 11.6 Å². The minimum absolute atomic E-state index is 0.0453. The smallest absolute Gasteiger partial charge is 0.314 e. The van der Waals surface area contributed by atoms with Gasteiger partial charge in [0, 0.05) is 18.0 Å². The molecule has 1 heterocycles. The van der Waals surface area contributed by atoms with Gasteiger partial charge < -0.3 is 4.74 Å². The zero-order valence-electron chi connectivity index (χ0n) is 24.7. The van der Waals surface area contributed by atoms with Crippen molar-refractivity contribution in [2.45, 2.75) is 129 Å². The number of esters is 1. The molecule has 0 atom stereocenters. The van der Waals surface area contributed by atoms with Gasteiger partial charge in [-0.05, 0) is 98.9 Å². The molecule has 0 spiro atoms. The summed E-state index contributed by atoms with van der Waals surface area (Å²) >= 11 is 0. The maximum absolute atomic E-state index is 12.9. The van der Waals surface area contributed by atoms with Crippen molar-refractivity contribution >= 4 is 5.97 Å². The first-order valence-electron chi connectivity index (χ1n) is 16.3. The summed E-state index contributed by atoms with van der Waals surface area (Å²) in [5.74, 6) is 4.00. The molecule has 4 heteroatoms. The lowest BCUT2D eigenvalue weighted by Crippen LogP contribution is -2.30. The van der Waals surface area contributed by atoms with Crippen LogP contribution in [0.3, 0.4) is 0 Å². The molecular weight excluding hydrogens is 480 g/mol. The Morgan fingerprint density at radius 1 is 0.744 bits per heavy atom. The number of aromatic nitrogens is 2. The third kappa shape index (κ3) is 9.43. The summed E-state index contributed by atoms with van der Waals surface area (Å²) < 4.78 is 5.80. The molecule has 1 aromatic carbocycles. The lowest BCUT2D eigenvalue weighted by Gasteiger charge is -2.37. The highest BCUT2D eigenvalue weighted by atomic mass is 16.5. The summed E-state index contributed by atoms with van der Waals surface area (Å²) in [7, 11) is 0. The second-order valence-electron chi connectivity index (χ2n) is 12.4. The average molecular weight is 533 g/mol. The van der Waals surface area contributed by atoms with Crippen LogP contribution in [0.1, 0.15) is 129 Å². The fraction of sp³-hybridized carbons (Fsp3) is 0.686. The predicted molar refractivity (Wildman–Crippen MR) is 161 cm³/mol. The maximum atomic E-state index is 12.9. The number of nitrogens with zero attached hydrogens (tertiary/aromatic N) is 2. The summed E-state index contributed by atoms with van der Waals surface area (Å²) in [6.07, 6.45) is 27.1. The fourth-order valence-electron chi connectivity index (χ4n) is 6.89. The molecule has 4 nitrogen and oxygen atoms in total. The molecule has 39 heavy (non-hydrogen) atoms. The molecule has 0 aliphatic heterocycles. The second kappa shape index (κ2) is 16.1. The van der Waals surface area contributed by atoms with Crippen molar-refractivity contribution in [3.63, 3.8) is 0 Å². The van der Waals surface area contributed by atoms with Crippen LogP contribution in [0.5, 0.6) is 5.75 Å². The van der Waals surface area contributed by atoms with E-state index in [1.807, 2.05) is 36.7 Å². The topological polar surface area (TPSA) is 52.1 Å². The number of hydrogen-bond donors (Lipinski definition) is 0. The first-order chi connectivity index (χ1) is 19.2. The Hall–Kier alpha value is -2.23. The van der Waals surface area contributed by atoms with E-state index >= 15 is 0 Å². The molecular formula is C35H52N2O2. The quantitative estimate of drug-likeness (QED) is 0.138. The predicted octanol–water partition coefficient (Wildman–Crippen LogP) is 9.75. The van der Waals surface area contributed by atoms with Crippen molar-refractivity contribution in [3.05, 3.63) is 42.2 Å². The van der Waals surface area contributed by atoms with Crippen molar-refractivity contribution in [1.82, 2.24) is 9.97 Å². The maximum Gasteiger partial charge on any atom is 0.314 e. The van der Waals surface area contributed by atoms with E-state index in [9.17, 15) is 4.79 Å². The normalized spacial score (nSPS) is 23.4. The lowest BCUT2D eigenvalue weighted by atomic mass is 9.68. The molecule has 0 saturated heterocycles. The van der Waals surface area contributed by atoms with Gasteiger partial charge in [0.15, 0.2) is 5.82 Å². The van der Waals surface area contributed by atoms with Crippen LogP contribution < -0.4 is 4.74 Å². The fourth-order valence-corrected chi connectivity index (χ4v) is 6.89. The summed E-state index contributed by atoms with van der Waals surface area (Å²) in [6.45, 7) is 4.51. The molecule has 1 aromatic heterocycles. The van der Waals surface area contributed by atoms with E-state index in [4.69, 9.17) is 4.74 Å². The third-order valence-corrected chi connectivity index (χ3v) is 9.48. The molecule has 0 radical (unpaired) electrons. The minimum Gasteiger partial charge on any atom is -0.426 e. The standard InChI is InChI=1S/C35H52N2O2/c1-3-5-7-8-10-11-27-13-15-29(16-14-27)30-17-19-32(20-18-30)35(38)39-33-23-21-31(22-24-33)34-36-25-28(26-37-34)12-9-6-4-2/h21-27,29-30,32H,3-20H2,1-2H3/t27-,29-,30-,32-. The first-order valence-corrected chi connectivity index (χ1v) is 16.3. The number of ether oxygens (including phenoxy) is 1. The van der Waals surface area contributed by atoms with Gasteiger partial charge in [-0.2, -0.15) is 0 Å². The summed E-state index contributed by atoms with van der Waals surface area (Å²) in [5.41, 5.74) is 2.13. The highest BCUT2D eigenvalue weighted by molar-refractivity contribution is 5.75. The van der Waals surface area contributed by atoms with Crippen molar-refractivity contribution in [2.75, 3.05) is 0 Å². The van der Waals surface area contributed by atoms with E-state index in [-0.39, 0.29) is 11.9 Å². The number of carbonyl (C=O) groups excluding carboxylic acids is 1. The van der Waals surface area contributed by atoms with Crippen LogP contribution in [-0.2, 0) is 11.2 Å². The monoisotopic (exact) mass is 532 g/mol. The molecule has 4 rings (SSSR count). The van der Waals surface area contributed by atoms with Crippen LogP contribution in [0.25, 0.3) is 11.4 Å². The largest absolute Gasteiger partial charge is 0.426 e. The molecule has 2 aromatic rings. The number of rotatable bonds is 14. The van der Waals surface area contributed by atoms with Gasteiger partial charge >= 0.3 is 5.97 Å². The van der Waals surface area contributed by atoms with Crippen molar-refractivity contribution in [2.24, 2.45) is 23.7 Å². The molecule has 2 aliphatic carbocycles. The van der Waals surface area contributed by atoms with Gasteiger partial charge in [0.25, 0.3) is 0 Å². The number of aryl methyl sites for hydroxylation is 1. The van der Waals surface area contributed by atoms with Crippen molar-refractivity contribution in [3.8, 4) is 17.1 Å². The van der Waals surface area contributed by atoms with Crippen molar-refractivity contribution in [1.29, 1.82) is 0 Å². The van der Waals surface area contributed by atoms with E-state index < -0.39 is 0 Å². The SMILES string of the molecule is CCCCCCC[C@H]1CC[C@H]([C@H]2CC[C@H](C(=O)Oc3ccc(-c4ncc(CCCCC)cn4)cc3)CC2)CC1. The third-order valence-electron chi connectivity index (χ3n) is 9.48. The molecule has 2 saturated carbocycles. The van der Waals surface area contributed by atoms with Gasteiger partial charge in [0.1, 0.15) is 5.75 Å². The Balaban J connectivity index is 1.15. The second-order valence-corrected chi connectivity index (χ2v) is 12.4. The Labute approximate surface area is 237 Å². The van der Waals surface area contributed by atoms with Gasteiger partial charge in [0.2, 0.25) is 0 Å². The van der Waals surface area contributed by atoms with Gasteiger partial charge in [-0.3, -0.25) is 4.79 Å². The van der Waals surface area contributed by atoms with E-state index in [1.54, 1.807) is 0 Å². The van der Waals surface area contributed by atoms with Crippen LogP contribution in [0, 0.1) is 23.7 Å². The van der Waals surface area contributed by atoms with E-state index in [2.05, 4.69) is 23.8 Å². The van der Waals surface area contributed by atoms with Gasteiger partial charge in [-0.15, -0.1) is 0 Å². The van der Waals surface area contributed by atoms with E-state index in [0.717, 1.165) is 42.6 Å². The molecule has 0 amide bonds. The number of hydrogen-bond acceptors (Lipinski definition) is 4. The van der Waals surface area contributed by atoms with Gasteiger partial charge in [0.05, 0.1) is 5.92 Å². The molecule has 0 unspecified atom stereocenters. The average Bonchev–Trinajstić information content (AvgIpc) is 2.98.